The van der Waals surface area contributed by atoms with Gasteiger partial charge in [-0.3, -0.25) is 0 Å². The molecule has 0 heterocycles. The number of hydrogen-bond donors (Lipinski definition) is 2. The molecule has 1 aliphatic rings. The van der Waals surface area contributed by atoms with E-state index in [9.17, 15) is 5.11 Å². The second kappa shape index (κ2) is 4.19. The summed E-state index contributed by atoms with van der Waals surface area (Å²) in [5.74, 6) is 0.738. The standard InChI is InChI=1S/C12H25NO/c1-4-11(2,9-13)12(3,14)8-10-6-5-7-10/h10,14H,4-9,13H2,1-3H3. The molecule has 2 atom stereocenters. The lowest BCUT2D eigenvalue weighted by Crippen LogP contribution is -2.50. The zero-order valence-corrected chi connectivity index (χ0v) is 9.84. The molecule has 14 heavy (non-hydrogen) atoms. The SMILES string of the molecule is CCC(C)(CN)C(C)(O)CC1CCC1. The van der Waals surface area contributed by atoms with Crippen molar-refractivity contribution in [2.75, 3.05) is 6.54 Å². The molecule has 0 saturated heterocycles. The monoisotopic (exact) mass is 199 g/mol. The molecule has 0 aromatic carbocycles. The van der Waals surface area contributed by atoms with E-state index >= 15 is 0 Å². The van der Waals surface area contributed by atoms with Crippen LogP contribution in [0, 0.1) is 11.3 Å². The Hall–Kier alpha value is -0.0800. The summed E-state index contributed by atoms with van der Waals surface area (Å²) in [5, 5.41) is 10.5. The van der Waals surface area contributed by atoms with Crippen LogP contribution in [0.2, 0.25) is 0 Å². The minimum Gasteiger partial charge on any atom is -0.390 e. The minimum absolute atomic E-state index is 0.122. The average Bonchev–Trinajstić information content (AvgIpc) is 2.10. The van der Waals surface area contributed by atoms with E-state index in [-0.39, 0.29) is 5.41 Å². The Labute approximate surface area is 87.9 Å². The molecular formula is C12H25NO. The molecule has 0 bridgehead atoms. The first-order valence-electron chi connectivity index (χ1n) is 5.87. The minimum atomic E-state index is -0.596. The zero-order chi connectivity index (χ0) is 10.8. The van der Waals surface area contributed by atoms with E-state index in [1.54, 1.807) is 0 Å². The van der Waals surface area contributed by atoms with Crippen LogP contribution < -0.4 is 5.73 Å². The van der Waals surface area contributed by atoms with E-state index in [1.165, 1.54) is 19.3 Å². The Morgan fingerprint density at radius 1 is 1.36 bits per heavy atom. The zero-order valence-electron chi connectivity index (χ0n) is 9.84. The Morgan fingerprint density at radius 3 is 2.21 bits per heavy atom. The summed E-state index contributed by atoms with van der Waals surface area (Å²) >= 11 is 0. The maximum absolute atomic E-state index is 10.5. The highest BCUT2D eigenvalue weighted by Crippen LogP contribution is 2.42. The summed E-state index contributed by atoms with van der Waals surface area (Å²) in [4.78, 5) is 0. The smallest absolute Gasteiger partial charge is 0.0687 e. The molecule has 2 heteroatoms. The molecule has 1 aliphatic carbocycles. The van der Waals surface area contributed by atoms with Gasteiger partial charge in [-0.1, -0.05) is 33.1 Å². The van der Waals surface area contributed by atoms with Crippen molar-refractivity contribution in [1.82, 2.24) is 0 Å². The fourth-order valence-electron chi connectivity index (χ4n) is 2.25. The van der Waals surface area contributed by atoms with Crippen LogP contribution in [0.1, 0.15) is 52.9 Å². The van der Waals surface area contributed by atoms with Crippen molar-refractivity contribution in [3.05, 3.63) is 0 Å². The van der Waals surface area contributed by atoms with E-state index in [2.05, 4.69) is 13.8 Å². The maximum atomic E-state index is 10.5. The van der Waals surface area contributed by atoms with Crippen LogP contribution in [0.5, 0.6) is 0 Å². The maximum Gasteiger partial charge on any atom is 0.0687 e. The van der Waals surface area contributed by atoms with Crippen molar-refractivity contribution in [2.24, 2.45) is 17.1 Å². The fourth-order valence-corrected chi connectivity index (χ4v) is 2.25. The Kier molecular flexibility index (Phi) is 3.59. The number of aliphatic hydroxyl groups is 1. The summed E-state index contributed by atoms with van der Waals surface area (Å²) < 4.78 is 0. The Balaban J connectivity index is 2.60. The second-order valence-corrected chi connectivity index (χ2v) is 5.39. The normalized spacial score (nSPS) is 26.4. The van der Waals surface area contributed by atoms with Gasteiger partial charge in [0.15, 0.2) is 0 Å². The third kappa shape index (κ3) is 2.12. The molecule has 2 nitrogen and oxygen atoms in total. The molecule has 3 N–H and O–H groups in total. The van der Waals surface area contributed by atoms with Crippen LogP contribution in [0.4, 0.5) is 0 Å². The topological polar surface area (TPSA) is 46.2 Å². The third-order valence-electron chi connectivity index (χ3n) is 4.44. The molecule has 2 unspecified atom stereocenters. The van der Waals surface area contributed by atoms with E-state index in [1.807, 2.05) is 6.92 Å². The van der Waals surface area contributed by atoms with Gasteiger partial charge in [0.05, 0.1) is 5.60 Å². The number of hydrogen-bond acceptors (Lipinski definition) is 2. The van der Waals surface area contributed by atoms with Crippen LogP contribution >= 0.6 is 0 Å². The van der Waals surface area contributed by atoms with Crippen molar-refractivity contribution in [3.63, 3.8) is 0 Å². The van der Waals surface area contributed by atoms with E-state index in [0.717, 1.165) is 18.8 Å². The summed E-state index contributed by atoms with van der Waals surface area (Å²) in [7, 11) is 0. The molecule has 0 radical (unpaired) electrons. The van der Waals surface area contributed by atoms with Gasteiger partial charge in [0.2, 0.25) is 0 Å². The number of nitrogens with two attached hydrogens (primary N) is 1. The highest BCUT2D eigenvalue weighted by molar-refractivity contribution is 4.95. The first kappa shape index (κ1) is 12.0. The van der Waals surface area contributed by atoms with Crippen LogP contribution in [0.3, 0.4) is 0 Å². The molecule has 0 spiro atoms. The van der Waals surface area contributed by atoms with Gasteiger partial charge in [0.25, 0.3) is 0 Å². The predicted octanol–water partition coefficient (Wildman–Crippen LogP) is 2.30. The fraction of sp³-hybridized carbons (Fsp3) is 1.00. The lowest BCUT2D eigenvalue weighted by atomic mass is 9.65. The van der Waals surface area contributed by atoms with Crippen molar-refractivity contribution in [2.45, 2.75) is 58.5 Å². The van der Waals surface area contributed by atoms with Gasteiger partial charge in [0.1, 0.15) is 0 Å². The van der Waals surface area contributed by atoms with Crippen molar-refractivity contribution in [1.29, 1.82) is 0 Å². The predicted molar refractivity (Wildman–Crippen MR) is 60.0 cm³/mol. The summed E-state index contributed by atoms with van der Waals surface area (Å²) in [6, 6.07) is 0. The first-order valence-corrected chi connectivity index (χ1v) is 5.87. The van der Waals surface area contributed by atoms with Crippen molar-refractivity contribution >= 4 is 0 Å². The largest absolute Gasteiger partial charge is 0.390 e. The second-order valence-electron chi connectivity index (χ2n) is 5.39. The van der Waals surface area contributed by atoms with Crippen LogP contribution in [0.25, 0.3) is 0 Å². The van der Waals surface area contributed by atoms with Crippen molar-refractivity contribution < 1.29 is 5.11 Å². The highest BCUT2D eigenvalue weighted by Gasteiger charge is 2.42. The summed E-state index contributed by atoms with van der Waals surface area (Å²) in [6.45, 7) is 6.75. The molecule has 1 saturated carbocycles. The van der Waals surface area contributed by atoms with E-state index in [4.69, 9.17) is 5.73 Å². The van der Waals surface area contributed by atoms with Crippen LogP contribution in [-0.4, -0.2) is 17.3 Å². The highest BCUT2D eigenvalue weighted by atomic mass is 16.3. The summed E-state index contributed by atoms with van der Waals surface area (Å²) in [6.07, 6.45) is 5.80. The molecular weight excluding hydrogens is 174 g/mol. The van der Waals surface area contributed by atoms with Gasteiger partial charge in [-0.25, -0.2) is 0 Å². The quantitative estimate of drug-likeness (QED) is 0.713. The average molecular weight is 199 g/mol. The first-order chi connectivity index (χ1) is 6.45. The Morgan fingerprint density at radius 2 is 1.93 bits per heavy atom. The Bertz CT molecular complexity index is 181. The van der Waals surface area contributed by atoms with E-state index < -0.39 is 5.60 Å². The molecule has 1 fully saturated rings. The van der Waals surface area contributed by atoms with Crippen LogP contribution in [0.15, 0.2) is 0 Å². The lowest BCUT2D eigenvalue weighted by molar-refractivity contribution is -0.0821. The van der Waals surface area contributed by atoms with Gasteiger partial charge >= 0.3 is 0 Å². The van der Waals surface area contributed by atoms with Gasteiger partial charge < -0.3 is 10.8 Å². The molecule has 84 valence electrons. The molecule has 0 aromatic heterocycles. The van der Waals surface area contributed by atoms with Gasteiger partial charge in [-0.05, 0) is 25.7 Å². The third-order valence-corrected chi connectivity index (χ3v) is 4.44. The molecule has 0 aromatic rings. The van der Waals surface area contributed by atoms with Gasteiger partial charge in [0, 0.05) is 12.0 Å². The summed E-state index contributed by atoms with van der Waals surface area (Å²) in [5.41, 5.74) is 5.06. The van der Waals surface area contributed by atoms with E-state index in [0.29, 0.717) is 6.54 Å². The lowest BCUT2D eigenvalue weighted by Gasteiger charge is -2.45. The van der Waals surface area contributed by atoms with Gasteiger partial charge in [-0.15, -0.1) is 0 Å². The van der Waals surface area contributed by atoms with Crippen molar-refractivity contribution in [3.8, 4) is 0 Å². The van der Waals surface area contributed by atoms with Crippen LogP contribution in [-0.2, 0) is 0 Å². The number of rotatable bonds is 5. The van der Waals surface area contributed by atoms with Gasteiger partial charge in [-0.2, -0.15) is 0 Å². The molecule has 1 rings (SSSR count). The molecule has 0 amide bonds. The molecule has 0 aliphatic heterocycles.